The van der Waals surface area contributed by atoms with Gasteiger partial charge >= 0.3 is 0 Å². The van der Waals surface area contributed by atoms with Gasteiger partial charge in [0.05, 0.1) is 0 Å². The van der Waals surface area contributed by atoms with Gasteiger partial charge in [0.15, 0.2) is 0 Å². The SMILES string of the molecule is C#CCCNC1CCCN(C)C1. The fourth-order valence-corrected chi connectivity index (χ4v) is 1.68. The van der Waals surface area contributed by atoms with Crippen LogP contribution in [0, 0.1) is 12.3 Å². The third-order valence-electron chi connectivity index (χ3n) is 2.33. The van der Waals surface area contributed by atoms with Crippen molar-refractivity contribution in [2.75, 3.05) is 26.7 Å². The molecule has 1 aliphatic heterocycles. The van der Waals surface area contributed by atoms with E-state index in [9.17, 15) is 0 Å². The van der Waals surface area contributed by atoms with E-state index in [4.69, 9.17) is 6.42 Å². The third-order valence-corrected chi connectivity index (χ3v) is 2.33. The van der Waals surface area contributed by atoms with Gasteiger partial charge in [-0.1, -0.05) is 0 Å². The molecule has 0 aromatic heterocycles. The summed E-state index contributed by atoms with van der Waals surface area (Å²) in [5.74, 6) is 2.64. The second-order valence-corrected chi connectivity index (χ2v) is 3.51. The first-order valence-electron chi connectivity index (χ1n) is 4.68. The highest BCUT2D eigenvalue weighted by Crippen LogP contribution is 2.07. The van der Waals surface area contributed by atoms with Crippen LogP contribution in [0.4, 0.5) is 0 Å². The smallest absolute Gasteiger partial charge is 0.0212 e. The van der Waals surface area contributed by atoms with Crippen LogP contribution in [0.2, 0.25) is 0 Å². The first-order valence-corrected chi connectivity index (χ1v) is 4.68. The summed E-state index contributed by atoms with van der Waals surface area (Å²) in [6.45, 7) is 3.38. The number of nitrogens with one attached hydrogen (secondary N) is 1. The minimum absolute atomic E-state index is 0.664. The zero-order valence-corrected chi connectivity index (χ0v) is 7.84. The number of likely N-dealkylation sites (tertiary alicyclic amines) is 1. The number of hydrogen-bond acceptors (Lipinski definition) is 2. The van der Waals surface area contributed by atoms with Crippen LogP contribution >= 0.6 is 0 Å². The fraction of sp³-hybridized carbons (Fsp3) is 0.800. The molecule has 1 aliphatic rings. The first kappa shape index (κ1) is 9.57. The average molecular weight is 166 g/mol. The molecule has 0 aliphatic carbocycles. The van der Waals surface area contributed by atoms with Gasteiger partial charge in [-0.25, -0.2) is 0 Å². The number of terminal acetylenes is 1. The molecule has 2 nitrogen and oxygen atoms in total. The van der Waals surface area contributed by atoms with Crippen molar-refractivity contribution in [2.24, 2.45) is 0 Å². The Balaban J connectivity index is 2.11. The van der Waals surface area contributed by atoms with Crippen LogP contribution in [0.15, 0.2) is 0 Å². The maximum Gasteiger partial charge on any atom is 0.0212 e. The maximum absolute atomic E-state index is 5.17. The Hall–Kier alpha value is -0.520. The van der Waals surface area contributed by atoms with Crippen molar-refractivity contribution in [3.05, 3.63) is 0 Å². The van der Waals surface area contributed by atoms with Gasteiger partial charge in [-0.05, 0) is 26.4 Å². The molecule has 0 saturated carbocycles. The Morgan fingerprint density at radius 3 is 3.17 bits per heavy atom. The lowest BCUT2D eigenvalue weighted by molar-refractivity contribution is 0.228. The zero-order chi connectivity index (χ0) is 8.81. The number of likely N-dealkylation sites (N-methyl/N-ethyl adjacent to an activating group) is 1. The van der Waals surface area contributed by atoms with Crippen molar-refractivity contribution in [1.29, 1.82) is 0 Å². The predicted molar refractivity (Wildman–Crippen MR) is 52.0 cm³/mol. The molecule has 0 radical (unpaired) electrons. The summed E-state index contributed by atoms with van der Waals surface area (Å²) in [6.07, 6.45) is 8.63. The van der Waals surface area contributed by atoms with Gasteiger partial charge in [-0.2, -0.15) is 0 Å². The fourth-order valence-electron chi connectivity index (χ4n) is 1.68. The highest BCUT2D eigenvalue weighted by Gasteiger charge is 2.15. The van der Waals surface area contributed by atoms with Crippen molar-refractivity contribution in [1.82, 2.24) is 10.2 Å². The molecule has 2 heteroatoms. The Labute approximate surface area is 75.3 Å². The van der Waals surface area contributed by atoms with Crippen molar-refractivity contribution in [3.8, 4) is 12.3 Å². The topological polar surface area (TPSA) is 15.3 Å². The largest absolute Gasteiger partial charge is 0.312 e. The summed E-state index contributed by atoms with van der Waals surface area (Å²) >= 11 is 0. The maximum atomic E-state index is 5.17. The van der Waals surface area contributed by atoms with Crippen LogP contribution in [-0.4, -0.2) is 37.6 Å². The van der Waals surface area contributed by atoms with E-state index < -0.39 is 0 Å². The Bertz CT molecular complexity index is 160. The minimum atomic E-state index is 0.664. The highest BCUT2D eigenvalue weighted by molar-refractivity contribution is 4.85. The molecule has 1 fully saturated rings. The van der Waals surface area contributed by atoms with Gasteiger partial charge in [0.2, 0.25) is 0 Å². The molecule has 1 rings (SSSR count). The summed E-state index contributed by atoms with van der Waals surface area (Å²) in [7, 11) is 2.18. The van der Waals surface area contributed by atoms with Crippen LogP contribution in [-0.2, 0) is 0 Å². The molecule has 1 unspecified atom stereocenters. The summed E-state index contributed by atoms with van der Waals surface area (Å²) in [5.41, 5.74) is 0. The van der Waals surface area contributed by atoms with Gasteiger partial charge in [0.25, 0.3) is 0 Å². The number of nitrogens with zero attached hydrogens (tertiary/aromatic N) is 1. The number of hydrogen-bond donors (Lipinski definition) is 1. The molecule has 1 heterocycles. The van der Waals surface area contributed by atoms with Crippen molar-refractivity contribution >= 4 is 0 Å². The second kappa shape index (κ2) is 5.18. The highest BCUT2D eigenvalue weighted by atomic mass is 15.1. The second-order valence-electron chi connectivity index (χ2n) is 3.51. The quantitative estimate of drug-likeness (QED) is 0.490. The van der Waals surface area contributed by atoms with Crippen LogP contribution < -0.4 is 5.32 Å². The molecule has 1 atom stereocenters. The minimum Gasteiger partial charge on any atom is -0.312 e. The summed E-state index contributed by atoms with van der Waals surface area (Å²) < 4.78 is 0. The molecule has 0 bridgehead atoms. The zero-order valence-electron chi connectivity index (χ0n) is 7.84. The van der Waals surface area contributed by atoms with E-state index in [1.54, 1.807) is 0 Å². The van der Waals surface area contributed by atoms with Gasteiger partial charge in [0, 0.05) is 25.6 Å². The summed E-state index contributed by atoms with van der Waals surface area (Å²) in [4.78, 5) is 2.37. The Morgan fingerprint density at radius 1 is 1.67 bits per heavy atom. The van der Waals surface area contributed by atoms with E-state index in [1.807, 2.05) is 0 Å². The first-order chi connectivity index (χ1) is 5.83. The lowest BCUT2D eigenvalue weighted by atomic mass is 10.1. The van der Waals surface area contributed by atoms with Crippen LogP contribution in [0.3, 0.4) is 0 Å². The van der Waals surface area contributed by atoms with E-state index in [0.717, 1.165) is 13.0 Å². The normalized spacial score (nSPS) is 25.2. The lowest BCUT2D eigenvalue weighted by Crippen LogP contribution is -2.44. The standard InChI is InChI=1S/C10H18N2/c1-3-4-7-11-10-6-5-8-12(2)9-10/h1,10-11H,4-9H2,2H3. The molecule has 12 heavy (non-hydrogen) atoms. The molecular weight excluding hydrogens is 148 g/mol. The average Bonchev–Trinajstić information content (AvgIpc) is 2.05. The molecule has 0 spiro atoms. The Kier molecular flexibility index (Phi) is 4.13. The Morgan fingerprint density at radius 2 is 2.50 bits per heavy atom. The molecule has 68 valence electrons. The van der Waals surface area contributed by atoms with E-state index in [0.29, 0.717) is 6.04 Å². The van der Waals surface area contributed by atoms with Crippen LogP contribution in [0.1, 0.15) is 19.3 Å². The van der Waals surface area contributed by atoms with E-state index in [1.165, 1.54) is 25.9 Å². The van der Waals surface area contributed by atoms with Gasteiger partial charge < -0.3 is 10.2 Å². The van der Waals surface area contributed by atoms with Gasteiger partial charge in [-0.3, -0.25) is 0 Å². The van der Waals surface area contributed by atoms with E-state index >= 15 is 0 Å². The molecule has 0 aromatic carbocycles. The molecule has 0 aromatic rings. The monoisotopic (exact) mass is 166 g/mol. The van der Waals surface area contributed by atoms with E-state index in [2.05, 4.69) is 23.2 Å². The molecule has 1 saturated heterocycles. The number of rotatable bonds is 3. The lowest BCUT2D eigenvalue weighted by Gasteiger charge is -2.30. The van der Waals surface area contributed by atoms with Gasteiger partial charge in [-0.15, -0.1) is 12.3 Å². The van der Waals surface area contributed by atoms with Gasteiger partial charge in [0.1, 0.15) is 0 Å². The molecule has 1 N–H and O–H groups in total. The summed E-state index contributed by atoms with van der Waals surface area (Å²) in [5, 5.41) is 3.47. The van der Waals surface area contributed by atoms with Crippen LogP contribution in [0.25, 0.3) is 0 Å². The van der Waals surface area contributed by atoms with E-state index in [-0.39, 0.29) is 0 Å². The number of piperidine rings is 1. The third kappa shape index (κ3) is 3.25. The predicted octanol–water partition coefficient (Wildman–Crippen LogP) is 0.693. The molecule has 0 amide bonds. The van der Waals surface area contributed by atoms with Crippen LogP contribution in [0.5, 0.6) is 0 Å². The van der Waals surface area contributed by atoms with Crippen molar-refractivity contribution in [3.63, 3.8) is 0 Å². The summed E-state index contributed by atoms with van der Waals surface area (Å²) in [6, 6.07) is 0.664. The van der Waals surface area contributed by atoms with Crippen molar-refractivity contribution in [2.45, 2.75) is 25.3 Å². The van der Waals surface area contributed by atoms with Crippen molar-refractivity contribution < 1.29 is 0 Å². The molecular formula is C10H18N2.